The number of nitrogens with one attached hydrogen (secondary N) is 1. The summed E-state index contributed by atoms with van der Waals surface area (Å²) in [5.41, 5.74) is 3.38. The molecule has 162 valence electrons. The van der Waals surface area contributed by atoms with Crippen LogP contribution in [0.2, 0.25) is 5.02 Å². The van der Waals surface area contributed by atoms with E-state index in [1.54, 1.807) is 4.90 Å². The lowest BCUT2D eigenvalue weighted by Gasteiger charge is -2.29. The number of rotatable bonds is 6. The lowest BCUT2D eigenvalue weighted by Crippen LogP contribution is -2.52. The van der Waals surface area contributed by atoms with Crippen LogP contribution in [0, 0.1) is 6.92 Å². The molecular weight excluding hydrogens is 436 g/mol. The van der Waals surface area contributed by atoms with E-state index in [9.17, 15) is 19.2 Å². The Bertz CT molecular complexity index is 1090. The van der Waals surface area contributed by atoms with E-state index in [1.807, 2.05) is 37.4 Å². The Kier molecular flexibility index (Phi) is 5.99. The third kappa shape index (κ3) is 4.16. The Morgan fingerprint density at radius 2 is 2.10 bits per heavy atom. The number of ketones is 1. The van der Waals surface area contributed by atoms with Crippen LogP contribution in [0.5, 0.6) is 0 Å². The zero-order chi connectivity index (χ0) is 22.3. The maximum absolute atomic E-state index is 12.8. The van der Waals surface area contributed by atoms with Crippen molar-refractivity contribution in [1.82, 2.24) is 10.2 Å². The van der Waals surface area contributed by atoms with Crippen LogP contribution in [0.25, 0.3) is 0 Å². The van der Waals surface area contributed by atoms with Crippen LogP contribution in [0.1, 0.15) is 64.0 Å². The van der Waals surface area contributed by atoms with Gasteiger partial charge in [0, 0.05) is 40.6 Å². The summed E-state index contributed by atoms with van der Waals surface area (Å²) < 4.78 is 0. The normalized spacial score (nSPS) is 19.4. The zero-order valence-electron chi connectivity index (χ0n) is 17.4. The number of nitrogens with zero attached hydrogens (tertiary/aromatic N) is 1. The van der Waals surface area contributed by atoms with Crippen molar-refractivity contribution >= 4 is 46.4 Å². The molecule has 8 heteroatoms. The Balaban J connectivity index is 1.42. The lowest BCUT2D eigenvalue weighted by molar-refractivity contribution is -0.137. The number of piperidine rings is 1. The molecule has 6 nitrogen and oxygen atoms in total. The molecule has 1 aromatic carbocycles. The first-order chi connectivity index (χ1) is 14.8. The minimum Gasteiger partial charge on any atom is -0.322 e. The molecule has 2 atom stereocenters. The van der Waals surface area contributed by atoms with Crippen LogP contribution < -0.4 is 5.32 Å². The van der Waals surface area contributed by atoms with Crippen molar-refractivity contribution in [2.75, 3.05) is 0 Å². The van der Waals surface area contributed by atoms with Gasteiger partial charge in [-0.1, -0.05) is 30.7 Å². The summed E-state index contributed by atoms with van der Waals surface area (Å²) in [6.07, 6.45) is 1.50. The first kappa shape index (κ1) is 21.7. The van der Waals surface area contributed by atoms with Gasteiger partial charge in [0.15, 0.2) is 0 Å². The van der Waals surface area contributed by atoms with Gasteiger partial charge in [-0.2, -0.15) is 0 Å². The zero-order valence-corrected chi connectivity index (χ0v) is 18.9. The van der Waals surface area contributed by atoms with Gasteiger partial charge in [-0.25, -0.2) is 0 Å². The SMILES string of the molecule is Cc1ccc([C@H](C)C(=O)CCc2scc3c2CN(C2CCC(=O)NC2=O)C3=O)cc1Cl. The summed E-state index contributed by atoms with van der Waals surface area (Å²) in [6, 6.07) is 5.08. The molecule has 0 aliphatic carbocycles. The van der Waals surface area contributed by atoms with Gasteiger partial charge in [0.05, 0.1) is 5.56 Å². The predicted octanol–water partition coefficient (Wildman–Crippen LogP) is 3.78. The van der Waals surface area contributed by atoms with Crippen molar-refractivity contribution in [3.05, 3.63) is 55.7 Å². The molecule has 3 amide bonds. The Labute approximate surface area is 189 Å². The Hall–Kier alpha value is -2.51. The largest absolute Gasteiger partial charge is 0.322 e. The molecule has 1 aromatic heterocycles. The van der Waals surface area contributed by atoms with Gasteiger partial charge < -0.3 is 4.90 Å². The highest BCUT2D eigenvalue weighted by Gasteiger charge is 2.40. The standard InChI is InChI=1S/C23H23ClN2O4S/c1-12-3-4-14(9-17(12)24)13(2)19(27)6-7-20-15-10-26(23(30)16(15)11-31-20)18-5-8-21(28)25-22(18)29/h3-4,9,11,13,18H,5-8,10H2,1-2H3,(H,25,28,29)/t13-,18?/m0/s1. The molecule has 2 aromatic rings. The van der Waals surface area contributed by atoms with Gasteiger partial charge in [-0.05, 0) is 42.5 Å². The molecule has 2 aliphatic heterocycles. The average Bonchev–Trinajstić information content (AvgIpc) is 3.28. The number of thiophene rings is 1. The minimum atomic E-state index is -0.622. The van der Waals surface area contributed by atoms with Gasteiger partial charge in [0.2, 0.25) is 11.8 Å². The highest BCUT2D eigenvalue weighted by Crippen LogP contribution is 2.35. The summed E-state index contributed by atoms with van der Waals surface area (Å²) in [4.78, 5) is 51.7. The molecule has 0 radical (unpaired) electrons. The predicted molar refractivity (Wildman–Crippen MR) is 118 cm³/mol. The highest BCUT2D eigenvalue weighted by atomic mass is 35.5. The summed E-state index contributed by atoms with van der Waals surface area (Å²) in [5.74, 6) is -1.03. The number of halogens is 1. The van der Waals surface area contributed by atoms with E-state index in [-0.39, 0.29) is 29.9 Å². The lowest BCUT2D eigenvalue weighted by atomic mass is 9.93. The maximum Gasteiger partial charge on any atom is 0.256 e. The van der Waals surface area contributed by atoms with E-state index >= 15 is 0 Å². The minimum absolute atomic E-state index is 0.119. The van der Waals surface area contributed by atoms with E-state index in [1.165, 1.54) is 11.3 Å². The number of carbonyl (C=O) groups excluding carboxylic acids is 4. The quantitative estimate of drug-likeness (QED) is 0.668. The maximum atomic E-state index is 12.8. The van der Waals surface area contributed by atoms with Gasteiger partial charge in [0.1, 0.15) is 11.8 Å². The molecule has 1 N–H and O–H groups in total. The van der Waals surface area contributed by atoms with Crippen LogP contribution in [-0.4, -0.2) is 34.4 Å². The second kappa shape index (κ2) is 8.55. The summed E-state index contributed by atoms with van der Waals surface area (Å²) in [5, 5.41) is 4.78. The molecular formula is C23H23ClN2O4S. The molecule has 0 spiro atoms. The van der Waals surface area contributed by atoms with Gasteiger partial charge in [0.25, 0.3) is 5.91 Å². The monoisotopic (exact) mass is 458 g/mol. The van der Waals surface area contributed by atoms with Crippen LogP contribution in [-0.2, 0) is 27.3 Å². The van der Waals surface area contributed by atoms with E-state index in [0.717, 1.165) is 21.6 Å². The second-order valence-electron chi connectivity index (χ2n) is 8.15. The number of imide groups is 1. The number of Topliss-reactive ketones (excluding diaryl/α,β-unsaturated/α-hetero) is 1. The van der Waals surface area contributed by atoms with E-state index in [2.05, 4.69) is 5.32 Å². The van der Waals surface area contributed by atoms with E-state index in [0.29, 0.717) is 36.4 Å². The van der Waals surface area contributed by atoms with Crippen molar-refractivity contribution < 1.29 is 19.2 Å². The van der Waals surface area contributed by atoms with Crippen molar-refractivity contribution in [1.29, 1.82) is 0 Å². The number of fused-ring (bicyclic) bond motifs is 1. The van der Waals surface area contributed by atoms with Crippen molar-refractivity contribution in [3.8, 4) is 0 Å². The molecule has 1 unspecified atom stereocenters. The highest BCUT2D eigenvalue weighted by molar-refractivity contribution is 7.10. The fraction of sp³-hybridized carbons (Fsp3) is 0.391. The smallest absolute Gasteiger partial charge is 0.256 e. The van der Waals surface area contributed by atoms with Crippen molar-refractivity contribution in [2.45, 2.75) is 58.0 Å². The molecule has 2 aliphatic rings. The number of benzene rings is 1. The molecule has 31 heavy (non-hydrogen) atoms. The van der Waals surface area contributed by atoms with Crippen LogP contribution in [0.15, 0.2) is 23.6 Å². The number of aryl methyl sites for hydroxylation is 2. The fourth-order valence-electron chi connectivity index (χ4n) is 4.13. The van der Waals surface area contributed by atoms with Crippen LogP contribution in [0.4, 0.5) is 0 Å². The molecule has 3 heterocycles. The van der Waals surface area contributed by atoms with Crippen molar-refractivity contribution in [3.63, 3.8) is 0 Å². The number of hydrogen-bond acceptors (Lipinski definition) is 5. The van der Waals surface area contributed by atoms with Crippen molar-refractivity contribution in [2.24, 2.45) is 0 Å². The molecule has 4 rings (SSSR count). The third-order valence-corrected chi connectivity index (χ3v) is 7.66. The molecule has 1 fully saturated rings. The topological polar surface area (TPSA) is 83.6 Å². The Morgan fingerprint density at radius 1 is 1.32 bits per heavy atom. The third-order valence-electron chi connectivity index (χ3n) is 6.16. The van der Waals surface area contributed by atoms with Crippen LogP contribution in [0.3, 0.4) is 0 Å². The fourth-order valence-corrected chi connectivity index (χ4v) is 5.36. The number of carbonyl (C=O) groups is 4. The first-order valence-electron chi connectivity index (χ1n) is 10.3. The molecule has 0 bridgehead atoms. The van der Waals surface area contributed by atoms with Gasteiger partial charge >= 0.3 is 0 Å². The van der Waals surface area contributed by atoms with Gasteiger partial charge in [-0.15, -0.1) is 11.3 Å². The molecule has 0 saturated carbocycles. The molecule has 1 saturated heterocycles. The first-order valence-corrected chi connectivity index (χ1v) is 11.5. The summed E-state index contributed by atoms with van der Waals surface area (Å²) in [7, 11) is 0. The van der Waals surface area contributed by atoms with Crippen LogP contribution >= 0.6 is 22.9 Å². The summed E-state index contributed by atoms with van der Waals surface area (Å²) >= 11 is 7.69. The summed E-state index contributed by atoms with van der Waals surface area (Å²) in [6.45, 7) is 4.16. The Morgan fingerprint density at radius 3 is 2.81 bits per heavy atom. The average molecular weight is 459 g/mol. The van der Waals surface area contributed by atoms with E-state index < -0.39 is 11.9 Å². The number of hydrogen-bond donors (Lipinski definition) is 1. The van der Waals surface area contributed by atoms with Gasteiger partial charge in [-0.3, -0.25) is 24.5 Å². The number of amides is 3. The van der Waals surface area contributed by atoms with E-state index in [4.69, 9.17) is 11.6 Å². The second-order valence-corrected chi connectivity index (χ2v) is 9.52.